The van der Waals surface area contributed by atoms with E-state index in [0.717, 1.165) is 24.5 Å². The third kappa shape index (κ3) is 5.29. The Balaban J connectivity index is 2.00. The van der Waals surface area contributed by atoms with Gasteiger partial charge in [0.1, 0.15) is 0 Å². The zero-order valence-corrected chi connectivity index (χ0v) is 14.3. The quantitative estimate of drug-likeness (QED) is 0.726. The van der Waals surface area contributed by atoms with Gasteiger partial charge in [0.25, 0.3) is 0 Å². The summed E-state index contributed by atoms with van der Waals surface area (Å²) in [5.41, 5.74) is 2.49. The van der Waals surface area contributed by atoms with Crippen molar-refractivity contribution in [3.05, 3.63) is 59.7 Å². The van der Waals surface area contributed by atoms with E-state index >= 15 is 0 Å². The van der Waals surface area contributed by atoms with E-state index in [9.17, 15) is 0 Å². The number of ether oxygens (including phenoxy) is 2. The van der Waals surface area contributed by atoms with Crippen LogP contribution >= 0.6 is 0 Å². The van der Waals surface area contributed by atoms with Gasteiger partial charge in [-0.2, -0.15) is 0 Å². The summed E-state index contributed by atoms with van der Waals surface area (Å²) in [4.78, 5) is 0. The van der Waals surface area contributed by atoms with Gasteiger partial charge in [0.05, 0.1) is 13.2 Å². The van der Waals surface area contributed by atoms with E-state index < -0.39 is 0 Å². The monoisotopic (exact) mass is 313 g/mol. The normalized spacial score (nSPS) is 12.0. The predicted molar refractivity (Wildman–Crippen MR) is 95.1 cm³/mol. The van der Waals surface area contributed by atoms with Crippen molar-refractivity contribution < 1.29 is 9.47 Å². The van der Waals surface area contributed by atoms with Crippen LogP contribution in [0.4, 0.5) is 0 Å². The molecule has 0 aliphatic rings. The maximum Gasteiger partial charge on any atom is 0.161 e. The van der Waals surface area contributed by atoms with Crippen LogP contribution in [-0.2, 0) is 6.54 Å². The molecular weight excluding hydrogens is 286 g/mol. The van der Waals surface area contributed by atoms with Crippen molar-refractivity contribution >= 4 is 0 Å². The lowest BCUT2D eigenvalue weighted by molar-refractivity contribution is 0.276. The molecule has 0 saturated carbocycles. The largest absolute Gasteiger partial charge is 0.490 e. The van der Waals surface area contributed by atoms with Crippen molar-refractivity contribution in [2.75, 3.05) is 13.2 Å². The molecule has 3 heteroatoms. The minimum absolute atomic E-state index is 0.308. The molecule has 0 bridgehead atoms. The molecule has 0 saturated heterocycles. The van der Waals surface area contributed by atoms with Crippen LogP contribution < -0.4 is 14.8 Å². The molecule has 1 atom stereocenters. The van der Waals surface area contributed by atoms with Crippen molar-refractivity contribution in [2.45, 2.75) is 39.8 Å². The van der Waals surface area contributed by atoms with Crippen LogP contribution in [0.25, 0.3) is 0 Å². The number of nitrogens with one attached hydrogen (secondary N) is 1. The Morgan fingerprint density at radius 3 is 2.43 bits per heavy atom. The van der Waals surface area contributed by atoms with E-state index in [0.29, 0.717) is 19.3 Å². The van der Waals surface area contributed by atoms with Crippen LogP contribution in [0.15, 0.2) is 48.5 Å². The molecule has 0 aromatic heterocycles. The van der Waals surface area contributed by atoms with Crippen molar-refractivity contribution in [3.8, 4) is 11.5 Å². The second kappa shape index (κ2) is 9.21. The average Bonchev–Trinajstić information content (AvgIpc) is 2.60. The van der Waals surface area contributed by atoms with E-state index in [4.69, 9.17) is 9.47 Å². The van der Waals surface area contributed by atoms with Gasteiger partial charge >= 0.3 is 0 Å². The molecule has 23 heavy (non-hydrogen) atoms. The van der Waals surface area contributed by atoms with Crippen molar-refractivity contribution in [3.63, 3.8) is 0 Å². The zero-order valence-electron chi connectivity index (χ0n) is 14.3. The lowest BCUT2D eigenvalue weighted by Gasteiger charge is -2.16. The molecule has 0 spiro atoms. The molecule has 1 N–H and O–H groups in total. The second-order valence-corrected chi connectivity index (χ2v) is 5.58. The fourth-order valence-corrected chi connectivity index (χ4v) is 2.39. The summed E-state index contributed by atoms with van der Waals surface area (Å²) in [6.07, 6.45) is 0.990. The van der Waals surface area contributed by atoms with Crippen LogP contribution in [0, 0.1) is 0 Å². The van der Waals surface area contributed by atoms with Crippen LogP contribution in [-0.4, -0.2) is 13.2 Å². The van der Waals surface area contributed by atoms with Crippen molar-refractivity contribution in [1.82, 2.24) is 5.32 Å². The van der Waals surface area contributed by atoms with E-state index in [1.807, 2.05) is 19.1 Å². The fraction of sp³-hybridized carbons (Fsp3) is 0.400. The van der Waals surface area contributed by atoms with E-state index in [-0.39, 0.29) is 0 Å². The number of hydrogen-bond donors (Lipinski definition) is 1. The second-order valence-electron chi connectivity index (χ2n) is 5.58. The Hall–Kier alpha value is -2.00. The number of rotatable bonds is 9. The van der Waals surface area contributed by atoms with Gasteiger partial charge in [0, 0.05) is 12.6 Å². The summed E-state index contributed by atoms with van der Waals surface area (Å²) in [5, 5.41) is 3.55. The van der Waals surface area contributed by atoms with Gasteiger partial charge in [0.2, 0.25) is 0 Å². The van der Waals surface area contributed by atoms with Gasteiger partial charge < -0.3 is 14.8 Å². The maximum absolute atomic E-state index is 5.74. The van der Waals surface area contributed by atoms with Gasteiger partial charge in [-0.1, -0.05) is 43.3 Å². The van der Waals surface area contributed by atoms with E-state index in [1.165, 1.54) is 11.1 Å². The molecule has 0 aliphatic heterocycles. The zero-order chi connectivity index (χ0) is 16.5. The van der Waals surface area contributed by atoms with Gasteiger partial charge in [0.15, 0.2) is 11.5 Å². The summed E-state index contributed by atoms with van der Waals surface area (Å²) >= 11 is 0. The smallest absolute Gasteiger partial charge is 0.161 e. The molecule has 0 fully saturated rings. The Morgan fingerprint density at radius 1 is 0.957 bits per heavy atom. The molecule has 0 amide bonds. The molecule has 0 unspecified atom stereocenters. The molecule has 0 heterocycles. The van der Waals surface area contributed by atoms with E-state index in [1.54, 1.807) is 0 Å². The highest BCUT2D eigenvalue weighted by molar-refractivity contribution is 5.43. The molecule has 124 valence electrons. The first kappa shape index (κ1) is 17.4. The molecule has 0 radical (unpaired) electrons. The predicted octanol–water partition coefficient (Wildman–Crippen LogP) is 4.72. The Bertz CT molecular complexity index is 583. The van der Waals surface area contributed by atoms with Crippen LogP contribution in [0.2, 0.25) is 0 Å². The number of benzene rings is 2. The third-order valence-electron chi connectivity index (χ3n) is 3.68. The van der Waals surface area contributed by atoms with Crippen LogP contribution in [0.3, 0.4) is 0 Å². The maximum atomic E-state index is 5.74. The minimum atomic E-state index is 0.308. The Morgan fingerprint density at radius 2 is 1.74 bits per heavy atom. The van der Waals surface area contributed by atoms with Crippen molar-refractivity contribution in [1.29, 1.82) is 0 Å². The lowest BCUT2D eigenvalue weighted by atomic mass is 10.1. The highest BCUT2D eigenvalue weighted by Crippen LogP contribution is 2.29. The van der Waals surface area contributed by atoms with E-state index in [2.05, 4.69) is 55.6 Å². The van der Waals surface area contributed by atoms with Gasteiger partial charge in [-0.15, -0.1) is 0 Å². The summed E-state index contributed by atoms with van der Waals surface area (Å²) in [7, 11) is 0. The van der Waals surface area contributed by atoms with Crippen LogP contribution in [0.5, 0.6) is 11.5 Å². The summed E-state index contributed by atoms with van der Waals surface area (Å²) in [5.74, 6) is 1.65. The molecule has 0 aliphatic carbocycles. The molecular formula is C20H27NO2. The average molecular weight is 313 g/mol. The summed E-state index contributed by atoms with van der Waals surface area (Å²) < 4.78 is 11.5. The van der Waals surface area contributed by atoms with Gasteiger partial charge in [-0.25, -0.2) is 0 Å². The molecule has 3 nitrogen and oxygen atoms in total. The van der Waals surface area contributed by atoms with Gasteiger partial charge in [-0.05, 0) is 43.5 Å². The fourth-order valence-electron chi connectivity index (χ4n) is 2.39. The molecule has 2 aromatic rings. The number of hydrogen-bond acceptors (Lipinski definition) is 3. The molecule has 2 rings (SSSR count). The highest BCUT2D eigenvalue weighted by atomic mass is 16.5. The topological polar surface area (TPSA) is 30.5 Å². The standard InChI is InChI=1S/C20H27NO2/c1-4-13-23-19-12-11-17(14-20(19)22-5-2)15-21-16(3)18-9-7-6-8-10-18/h6-12,14,16,21H,4-5,13,15H2,1-3H3/t16-/m1/s1. The summed E-state index contributed by atoms with van der Waals surface area (Å²) in [6, 6.07) is 16.9. The third-order valence-corrected chi connectivity index (χ3v) is 3.68. The highest BCUT2D eigenvalue weighted by Gasteiger charge is 2.08. The molecule has 2 aromatic carbocycles. The van der Waals surface area contributed by atoms with Crippen molar-refractivity contribution in [2.24, 2.45) is 0 Å². The SMILES string of the molecule is CCCOc1ccc(CN[C@H](C)c2ccccc2)cc1OCC. The lowest BCUT2D eigenvalue weighted by Crippen LogP contribution is -2.18. The first-order valence-corrected chi connectivity index (χ1v) is 8.41. The first-order valence-electron chi connectivity index (χ1n) is 8.41. The first-order chi connectivity index (χ1) is 11.2. The van der Waals surface area contributed by atoms with Crippen LogP contribution in [0.1, 0.15) is 44.4 Å². The Kier molecular flexibility index (Phi) is 6.95. The summed E-state index contributed by atoms with van der Waals surface area (Å²) in [6.45, 7) is 8.42. The minimum Gasteiger partial charge on any atom is -0.490 e. The Labute approximate surface area is 139 Å². The van der Waals surface area contributed by atoms with Gasteiger partial charge in [-0.3, -0.25) is 0 Å².